The van der Waals surface area contributed by atoms with Crippen LogP contribution in [0.3, 0.4) is 0 Å². The molecule has 24 heavy (non-hydrogen) atoms. The highest BCUT2D eigenvalue weighted by Gasteiger charge is 2.35. The Balaban J connectivity index is 2.37. The number of rotatable bonds is 7. The van der Waals surface area contributed by atoms with E-state index in [1.165, 1.54) is 0 Å². The van der Waals surface area contributed by atoms with Gasteiger partial charge in [-0.05, 0) is 36.7 Å². The zero-order valence-electron chi connectivity index (χ0n) is 15.2. The molecule has 0 amide bonds. The van der Waals surface area contributed by atoms with E-state index in [1.807, 2.05) is 6.92 Å². The largest absolute Gasteiger partial charge is 0.478 e. The SMILES string of the molecule is CCSC1C(C(=O)O)=C(C)C=C(N2CCOCC2)N1CCC(C)C. The number of carboxylic acids is 1. The minimum absolute atomic E-state index is 0.117. The van der Waals surface area contributed by atoms with Crippen molar-refractivity contribution < 1.29 is 14.6 Å². The van der Waals surface area contributed by atoms with E-state index >= 15 is 0 Å². The molecule has 0 aromatic rings. The lowest BCUT2D eigenvalue weighted by molar-refractivity contribution is -0.133. The molecule has 0 aromatic heterocycles. The lowest BCUT2D eigenvalue weighted by atomic mass is 10.0. The summed E-state index contributed by atoms with van der Waals surface area (Å²) in [6.45, 7) is 12.5. The van der Waals surface area contributed by atoms with Gasteiger partial charge in [0.25, 0.3) is 0 Å². The van der Waals surface area contributed by atoms with Crippen molar-refractivity contribution in [1.82, 2.24) is 9.80 Å². The van der Waals surface area contributed by atoms with Crippen LogP contribution in [0.25, 0.3) is 0 Å². The van der Waals surface area contributed by atoms with Crippen molar-refractivity contribution >= 4 is 17.7 Å². The van der Waals surface area contributed by atoms with E-state index in [2.05, 4.69) is 36.6 Å². The smallest absolute Gasteiger partial charge is 0.334 e. The molecule has 0 bridgehead atoms. The zero-order chi connectivity index (χ0) is 17.7. The molecule has 2 aliphatic heterocycles. The van der Waals surface area contributed by atoms with Gasteiger partial charge in [-0.25, -0.2) is 4.79 Å². The van der Waals surface area contributed by atoms with E-state index in [0.29, 0.717) is 11.5 Å². The fraction of sp³-hybridized carbons (Fsp3) is 0.722. The van der Waals surface area contributed by atoms with E-state index in [-0.39, 0.29) is 5.37 Å². The van der Waals surface area contributed by atoms with Crippen LogP contribution in [0, 0.1) is 5.92 Å². The van der Waals surface area contributed by atoms with Crippen molar-refractivity contribution in [2.24, 2.45) is 5.92 Å². The van der Waals surface area contributed by atoms with E-state index in [0.717, 1.165) is 56.4 Å². The number of carbonyl (C=O) groups is 1. The van der Waals surface area contributed by atoms with Crippen LogP contribution < -0.4 is 0 Å². The van der Waals surface area contributed by atoms with Gasteiger partial charge in [0, 0.05) is 19.6 Å². The Morgan fingerprint density at radius 2 is 2.08 bits per heavy atom. The first-order valence-corrected chi connectivity index (χ1v) is 9.87. The minimum atomic E-state index is -0.801. The molecule has 1 fully saturated rings. The Bertz CT molecular complexity index is 510. The van der Waals surface area contributed by atoms with Crippen LogP contribution in [0.15, 0.2) is 23.0 Å². The van der Waals surface area contributed by atoms with Crippen LogP contribution >= 0.6 is 11.8 Å². The van der Waals surface area contributed by atoms with Crippen LogP contribution in [-0.4, -0.2) is 64.9 Å². The van der Waals surface area contributed by atoms with Gasteiger partial charge in [0.2, 0.25) is 0 Å². The quantitative estimate of drug-likeness (QED) is 0.758. The van der Waals surface area contributed by atoms with Crippen molar-refractivity contribution in [3.63, 3.8) is 0 Å². The predicted octanol–water partition coefficient (Wildman–Crippen LogP) is 3.00. The molecule has 1 N–H and O–H groups in total. The molecular formula is C18H30N2O3S. The van der Waals surface area contributed by atoms with Crippen LogP contribution in [-0.2, 0) is 9.53 Å². The van der Waals surface area contributed by atoms with Gasteiger partial charge >= 0.3 is 5.97 Å². The van der Waals surface area contributed by atoms with Gasteiger partial charge < -0.3 is 19.6 Å². The number of nitrogens with zero attached hydrogens (tertiary/aromatic N) is 2. The summed E-state index contributed by atoms with van der Waals surface area (Å²) in [6.07, 6.45) is 3.11. The average molecular weight is 355 g/mol. The first kappa shape index (κ1) is 19.2. The van der Waals surface area contributed by atoms with Gasteiger partial charge in [-0.15, -0.1) is 11.8 Å². The number of morpholine rings is 1. The van der Waals surface area contributed by atoms with Gasteiger partial charge in [0.15, 0.2) is 0 Å². The molecule has 0 aliphatic carbocycles. The van der Waals surface area contributed by atoms with Crippen LogP contribution in [0.2, 0.25) is 0 Å². The Hall–Kier alpha value is -1.14. The third-order valence-corrected chi connectivity index (χ3v) is 5.57. The molecule has 1 saturated heterocycles. The number of hydrogen-bond acceptors (Lipinski definition) is 5. The number of thioether (sulfide) groups is 1. The van der Waals surface area contributed by atoms with Crippen molar-refractivity contribution in [1.29, 1.82) is 0 Å². The summed E-state index contributed by atoms with van der Waals surface area (Å²) in [5, 5.41) is 9.62. The van der Waals surface area contributed by atoms with Crippen LogP contribution in [0.1, 0.15) is 34.1 Å². The Morgan fingerprint density at radius 1 is 1.42 bits per heavy atom. The standard InChI is InChI=1S/C18H30N2O3S/c1-5-24-17-16(18(21)22)14(4)12-15(19-8-10-23-11-9-19)20(17)7-6-13(2)3/h12-13,17H,5-11H2,1-4H3,(H,21,22). The molecule has 0 saturated carbocycles. The maximum absolute atomic E-state index is 11.9. The fourth-order valence-corrected chi connectivity index (χ4v) is 4.29. The highest BCUT2D eigenvalue weighted by Crippen LogP contribution is 2.35. The number of ether oxygens (including phenoxy) is 1. The molecular weight excluding hydrogens is 324 g/mol. The lowest BCUT2D eigenvalue weighted by Crippen LogP contribution is -2.48. The average Bonchev–Trinajstić information content (AvgIpc) is 2.54. The maximum atomic E-state index is 11.9. The normalized spacial score (nSPS) is 22.2. The van der Waals surface area contributed by atoms with Gasteiger partial charge in [-0.2, -0.15) is 0 Å². The second-order valence-corrected chi connectivity index (χ2v) is 8.04. The lowest BCUT2D eigenvalue weighted by Gasteiger charge is -2.44. The molecule has 6 heteroatoms. The first-order valence-electron chi connectivity index (χ1n) is 8.82. The maximum Gasteiger partial charge on any atom is 0.334 e. The van der Waals surface area contributed by atoms with Crippen molar-refractivity contribution in [2.45, 2.75) is 39.5 Å². The Labute approximate surface area is 149 Å². The first-order chi connectivity index (χ1) is 11.5. The van der Waals surface area contributed by atoms with Crippen molar-refractivity contribution in [3.05, 3.63) is 23.0 Å². The molecule has 0 radical (unpaired) electrons. The summed E-state index contributed by atoms with van der Waals surface area (Å²) in [6, 6.07) is 0. The molecule has 2 heterocycles. The summed E-state index contributed by atoms with van der Waals surface area (Å²) in [5.74, 6) is 1.84. The van der Waals surface area contributed by atoms with Gasteiger partial charge in [-0.3, -0.25) is 0 Å². The summed E-state index contributed by atoms with van der Waals surface area (Å²) in [5.41, 5.74) is 1.40. The third kappa shape index (κ3) is 4.48. The summed E-state index contributed by atoms with van der Waals surface area (Å²) < 4.78 is 5.49. The number of allylic oxidation sites excluding steroid dienone is 2. The minimum Gasteiger partial charge on any atom is -0.478 e. The number of aliphatic carboxylic acids is 1. The summed E-state index contributed by atoms with van der Waals surface area (Å²) >= 11 is 1.71. The van der Waals surface area contributed by atoms with E-state index in [1.54, 1.807) is 11.8 Å². The summed E-state index contributed by atoms with van der Waals surface area (Å²) in [4.78, 5) is 16.5. The highest BCUT2D eigenvalue weighted by atomic mass is 32.2. The number of carboxylic acid groups (broad SMARTS) is 1. The number of hydrogen-bond donors (Lipinski definition) is 1. The van der Waals surface area contributed by atoms with E-state index in [9.17, 15) is 9.90 Å². The second-order valence-electron chi connectivity index (χ2n) is 6.69. The van der Waals surface area contributed by atoms with Crippen molar-refractivity contribution in [2.75, 3.05) is 38.6 Å². The third-order valence-electron chi connectivity index (χ3n) is 4.43. The molecule has 0 aromatic carbocycles. The van der Waals surface area contributed by atoms with Crippen molar-refractivity contribution in [3.8, 4) is 0 Å². The molecule has 2 rings (SSSR count). The Morgan fingerprint density at radius 3 is 2.62 bits per heavy atom. The monoisotopic (exact) mass is 354 g/mol. The van der Waals surface area contributed by atoms with Crippen LogP contribution in [0.4, 0.5) is 0 Å². The fourth-order valence-electron chi connectivity index (χ4n) is 3.12. The molecule has 0 spiro atoms. The van der Waals surface area contributed by atoms with Gasteiger partial charge in [0.1, 0.15) is 11.2 Å². The summed E-state index contributed by atoms with van der Waals surface area (Å²) in [7, 11) is 0. The van der Waals surface area contributed by atoms with E-state index in [4.69, 9.17) is 4.74 Å². The van der Waals surface area contributed by atoms with E-state index < -0.39 is 5.97 Å². The second kappa shape index (κ2) is 8.81. The van der Waals surface area contributed by atoms with Crippen LogP contribution in [0.5, 0.6) is 0 Å². The molecule has 1 unspecified atom stereocenters. The molecule has 136 valence electrons. The topological polar surface area (TPSA) is 53.0 Å². The highest BCUT2D eigenvalue weighted by molar-refractivity contribution is 8.00. The Kier molecular flexibility index (Phi) is 7.04. The predicted molar refractivity (Wildman–Crippen MR) is 98.9 cm³/mol. The zero-order valence-corrected chi connectivity index (χ0v) is 16.1. The molecule has 2 aliphatic rings. The molecule has 5 nitrogen and oxygen atoms in total. The molecule has 1 atom stereocenters. The van der Waals surface area contributed by atoms with Gasteiger partial charge in [-0.1, -0.05) is 20.8 Å². The van der Waals surface area contributed by atoms with Gasteiger partial charge in [0.05, 0.1) is 18.8 Å².